The fraction of sp³-hybridized carbons (Fsp3) is 0.238. The summed E-state index contributed by atoms with van der Waals surface area (Å²) in [7, 11) is 1.46. The van der Waals surface area contributed by atoms with Gasteiger partial charge in [-0.05, 0) is 43.7 Å². The van der Waals surface area contributed by atoms with Crippen LogP contribution in [0.3, 0.4) is 0 Å². The van der Waals surface area contributed by atoms with E-state index in [9.17, 15) is 19.2 Å². The molecule has 2 aromatic rings. The molecule has 0 aromatic heterocycles. The molecule has 1 N–H and O–H groups in total. The van der Waals surface area contributed by atoms with Gasteiger partial charge in [0.05, 0.1) is 34.0 Å². The highest BCUT2D eigenvalue weighted by atomic mass is 35.5. The molecule has 0 saturated carbocycles. The van der Waals surface area contributed by atoms with Crippen LogP contribution < -0.4 is 10.1 Å². The third-order valence-electron chi connectivity index (χ3n) is 4.66. The number of hydrogen-bond acceptors (Lipinski definition) is 6. The van der Waals surface area contributed by atoms with Gasteiger partial charge in [0, 0.05) is 0 Å². The average molecular weight is 465 g/mol. The molecular weight excluding hydrogens is 447 g/mol. The van der Waals surface area contributed by atoms with Crippen molar-refractivity contribution in [1.82, 2.24) is 4.90 Å². The number of methoxy groups -OCH3 is 1. The molecule has 162 valence electrons. The number of esters is 1. The third kappa shape index (κ3) is 4.50. The van der Waals surface area contributed by atoms with Gasteiger partial charge in [0.25, 0.3) is 17.7 Å². The zero-order valence-electron chi connectivity index (χ0n) is 16.8. The van der Waals surface area contributed by atoms with Crippen molar-refractivity contribution < 1.29 is 28.7 Å². The van der Waals surface area contributed by atoms with Gasteiger partial charge in [-0.15, -0.1) is 0 Å². The Morgan fingerprint density at radius 3 is 2.19 bits per heavy atom. The first-order chi connectivity index (χ1) is 14.6. The molecule has 0 spiro atoms. The van der Waals surface area contributed by atoms with Crippen LogP contribution in [0.2, 0.25) is 10.0 Å². The fourth-order valence-corrected chi connectivity index (χ4v) is 3.40. The van der Waals surface area contributed by atoms with E-state index in [0.717, 1.165) is 10.5 Å². The summed E-state index contributed by atoms with van der Waals surface area (Å²) < 4.78 is 10.2. The third-order valence-corrected chi connectivity index (χ3v) is 5.38. The summed E-state index contributed by atoms with van der Waals surface area (Å²) in [6, 6.07) is 6.51. The number of hydrogen-bond donors (Lipinski definition) is 1. The number of anilines is 1. The second kappa shape index (κ2) is 8.95. The van der Waals surface area contributed by atoms with Crippen LogP contribution in [-0.2, 0) is 14.3 Å². The van der Waals surface area contributed by atoms with Crippen LogP contribution in [0.5, 0.6) is 5.75 Å². The van der Waals surface area contributed by atoms with Crippen LogP contribution in [0, 0.1) is 6.92 Å². The molecule has 0 unspecified atom stereocenters. The predicted octanol–water partition coefficient (Wildman–Crippen LogP) is 3.48. The van der Waals surface area contributed by atoms with Gasteiger partial charge in [-0.3, -0.25) is 19.3 Å². The first kappa shape index (κ1) is 22.6. The number of ether oxygens (including phenoxy) is 2. The SMILES string of the molecule is COc1ccc(C)cc1NC(=O)COC(=O)[C@H](C)N1C(=O)c2cc(Cl)c(Cl)cc2C1=O. The minimum absolute atomic E-state index is 0.0448. The van der Waals surface area contributed by atoms with Crippen molar-refractivity contribution in [3.05, 3.63) is 57.1 Å². The van der Waals surface area contributed by atoms with E-state index < -0.39 is 36.3 Å². The Bertz CT molecular complexity index is 1060. The number of fused-ring (bicyclic) bond motifs is 1. The quantitative estimate of drug-likeness (QED) is 0.518. The molecule has 1 heterocycles. The number of nitrogens with one attached hydrogen (secondary N) is 1. The Balaban J connectivity index is 1.65. The molecule has 3 amide bonds. The van der Waals surface area contributed by atoms with Gasteiger partial charge in [-0.25, -0.2) is 4.79 Å². The molecule has 1 aliphatic rings. The lowest BCUT2D eigenvalue weighted by Gasteiger charge is -2.20. The minimum atomic E-state index is -1.26. The molecule has 10 heteroatoms. The Kier molecular flexibility index (Phi) is 6.52. The van der Waals surface area contributed by atoms with E-state index >= 15 is 0 Å². The number of aryl methyl sites for hydroxylation is 1. The summed E-state index contributed by atoms with van der Waals surface area (Å²) in [5.74, 6) is -2.47. The number of benzene rings is 2. The van der Waals surface area contributed by atoms with Gasteiger partial charge in [-0.2, -0.15) is 0 Å². The van der Waals surface area contributed by atoms with Crippen molar-refractivity contribution in [2.24, 2.45) is 0 Å². The second-order valence-electron chi connectivity index (χ2n) is 6.83. The lowest BCUT2D eigenvalue weighted by Crippen LogP contribution is -2.44. The Morgan fingerprint density at radius 1 is 1.06 bits per heavy atom. The number of halogens is 2. The molecular formula is C21H18Cl2N2O6. The highest BCUT2D eigenvalue weighted by Crippen LogP contribution is 2.32. The first-order valence-electron chi connectivity index (χ1n) is 9.12. The van der Waals surface area contributed by atoms with Crippen LogP contribution in [0.1, 0.15) is 33.2 Å². The average Bonchev–Trinajstić information content (AvgIpc) is 2.96. The van der Waals surface area contributed by atoms with Crippen molar-refractivity contribution in [3.63, 3.8) is 0 Å². The van der Waals surface area contributed by atoms with Crippen molar-refractivity contribution >= 4 is 52.6 Å². The van der Waals surface area contributed by atoms with E-state index in [1.54, 1.807) is 12.1 Å². The highest BCUT2D eigenvalue weighted by Gasteiger charge is 2.42. The van der Waals surface area contributed by atoms with E-state index in [4.69, 9.17) is 32.7 Å². The van der Waals surface area contributed by atoms with Gasteiger partial charge in [0.1, 0.15) is 11.8 Å². The standard InChI is InChI=1S/C21H18Cl2N2O6/c1-10-4-5-17(30-3)16(6-10)24-18(26)9-31-21(29)11(2)25-19(27)12-7-14(22)15(23)8-13(12)20(25)28/h4-8,11H,9H2,1-3H3,(H,24,26)/t11-/m0/s1. The van der Waals surface area contributed by atoms with Crippen molar-refractivity contribution in [2.45, 2.75) is 19.9 Å². The van der Waals surface area contributed by atoms with Crippen molar-refractivity contribution in [2.75, 3.05) is 19.0 Å². The maximum atomic E-state index is 12.6. The zero-order valence-corrected chi connectivity index (χ0v) is 18.3. The fourth-order valence-electron chi connectivity index (χ4n) is 3.07. The van der Waals surface area contributed by atoms with Gasteiger partial charge >= 0.3 is 5.97 Å². The second-order valence-corrected chi connectivity index (χ2v) is 7.64. The molecule has 2 aromatic carbocycles. The lowest BCUT2D eigenvalue weighted by atomic mass is 10.1. The van der Waals surface area contributed by atoms with Crippen LogP contribution in [0.25, 0.3) is 0 Å². The first-order valence-corrected chi connectivity index (χ1v) is 9.87. The zero-order chi connectivity index (χ0) is 22.9. The summed E-state index contributed by atoms with van der Waals surface area (Å²) in [5.41, 5.74) is 1.41. The van der Waals surface area contributed by atoms with Gasteiger partial charge in [0.15, 0.2) is 6.61 Å². The Hall–Kier alpha value is -3.10. The van der Waals surface area contributed by atoms with Gasteiger partial charge < -0.3 is 14.8 Å². The molecule has 0 bridgehead atoms. The van der Waals surface area contributed by atoms with Crippen molar-refractivity contribution in [3.8, 4) is 5.75 Å². The van der Waals surface area contributed by atoms with E-state index in [-0.39, 0.29) is 21.2 Å². The normalized spacial score (nSPS) is 13.6. The molecule has 0 saturated heterocycles. The number of imide groups is 1. The molecule has 0 radical (unpaired) electrons. The number of nitrogens with zero attached hydrogens (tertiary/aromatic N) is 1. The molecule has 1 atom stereocenters. The van der Waals surface area contributed by atoms with Crippen LogP contribution >= 0.6 is 23.2 Å². The maximum Gasteiger partial charge on any atom is 0.329 e. The summed E-state index contributed by atoms with van der Waals surface area (Å²) in [6.45, 7) is 2.56. The topological polar surface area (TPSA) is 102 Å². The number of amides is 3. The Labute approximate surface area is 188 Å². The van der Waals surface area contributed by atoms with Crippen LogP contribution in [0.15, 0.2) is 30.3 Å². The molecule has 0 fully saturated rings. The summed E-state index contributed by atoms with van der Waals surface area (Å²) in [6.07, 6.45) is 0. The monoisotopic (exact) mass is 464 g/mol. The number of carbonyl (C=O) groups is 4. The molecule has 8 nitrogen and oxygen atoms in total. The highest BCUT2D eigenvalue weighted by molar-refractivity contribution is 6.43. The van der Waals surface area contributed by atoms with E-state index in [1.807, 2.05) is 13.0 Å². The molecule has 3 rings (SSSR count). The summed E-state index contributed by atoms with van der Waals surface area (Å²) >= 11 is 11.8. The van der Waals surface area contributed by atoms with Crippen molar-refractivity contribution in [1.29, 1.82) is 0 Å². The largest absolute Gasteiger partial charge is 0.495 e. The Morgan fingerprint density at radius 2 is 1.65 bits per heavy atom. The molecule has 1 aliphatic heterocycles. The van der Waals surface area contributed by atoms with E-state index in [2.05, 4.69) is 5.32 Å². The minimum Gasteiger partial charge on any atom is -0.495 e. The predicted molar refractivity (Wildman–Crippen MR) is 114 cm³/mol. The number of rotatable bonds is 6. The lowest BCUT2D eigenvalue weighted by molar-refractivity contribution is -0.150. The number of carbonyl (C=O) groups excluding carboxylic acids is 4. The maximum absolute atomic E-state index is 12.6. The van der Waals surface area contributed by atoms with E-state index in [1.165, 1.54) is 26.2 Å². The van der Waals surface area contributed by atoms with Crippen LogP contribution in [0.4, 0.5) is 5.69 Å². The molecule has 0 aliphatic carbocycles. The van der Waals surface area contributed by atoms with Gasteiger partial charge in [0.2, 0.25) is 0 Å². The van der Waals surface area contributed by atoms with E-state index in [0.29, 0.717) is 11.4 Å². The summed E-state index contributed by atoms with van der Waals surface area (Å²) in [5, 5.41) is 2.82. The van der Waals surface area contributed by atoms with Gasteiger partial charge in [-0.1, -0.05) is 29.3 Å². The molecule has 31 heavy (non-hydrogen) atoms. The van der Waals surface area contributed by atoms with Crippen LogP contribution in [-0.4, -0.2) is 48.3 Å². The summed E-state index contributed by atoms with van der Waals surface area (Å²) in [4.78, 5) is 50.6. The smallest absolute Gasteiger partial charge is 0.329 e.